The number of urea groups is 1. The van der Waals surface area contributed by atoms with Gasteiger partial charge in [0.1, 0.15) is 0 Å². The Bertz CT molecular complexity index is 606. The van der Waals surface area contributed by atoms with Crippen LogP contribution in [-0.4, -0.2) is 88.9 Å². The third-order valence-electron chi connectivity index (χ3n) is 8.18. The molecule has 0 aromatic carbocycles. The molecule has 156 valence electrons. The lowest BCUT2D eigenvalue weighted by Crippen LogP contribution is -2.53. The molecule has 0 radical (unpaired) electrons. The summed E-state index contributed by atoms with van der Waals surface area (Å²) in [6, 6.07) is 2.24. The van der Waals surface area contributed by atoms with Crippen molar-refractivity contribution in [1.82, 2.24) is 19.6 Å². The summed E-state index contributed by atoms with van der Waals surface area (Å²) < 4.78 is 0. The summed E-state index contributed by atoms with van der Waals surface area (Å²) >= 11 is 0. The first-order chi connectivity index (χ1) is 13.6. The van der Waals surface area contributed by atoms with Gasteiger partial charge in [0, 0.05) is 51.2 Å². The molecule has 0 aromatic rings. The SMILES string of the molecule is CN1C(=O)N(C2CCN(C3CCN(C(=O)C4CC4)CC3)CC2)[C@H]2CCCC[C@@H]21. The maximum absolute atomic E-state index is 12.9. The molecule has 0 N–H and O–H groups in total. The highest BCUT2D eigenvalue weighted by atomic mass is 16.2. The Labute approximate surface area is 169 Å². The van der Waals surface area contributed by atoms with Gasteiger partial charge in [-0.1, -0.05) is 12.8 Å². The summed E-state index contributed by atoms with van der Waals surface area (Å²) in [5, 5.41) is 0. The fourth-order valence-electron chi connectivity index (χ4n) is 6.33. The number of likely N-dealkylation sites (N-methyl/N-ethyl adjacent to an activating group) is 1. The third-order valence-corrected chi connectivity index (χ3v) is 8.18. The van der Waals surface area contributed by atoms with Gasteiger partial charge in [-0.3, -0.25) is 4.79 Å². The number of carbonyl (C=O) groups is 2. The van der Waals surface area contributed by atoms with Gasteiger partial charge in [-0.05, 0) is 51.4 Å². The highest BCUT2D eigenvalue weighted by molar-refractivity contribution is 5.81. The van der Waals surface area contributed by atoms with Gasteiger partial charge in [-0.15, -0.1) is 0 Å². The van der Waals surface area contributed by atoms with E-state index in [-0.39, 0.29) is 6.03 Å². The first kappa shape index (κ1) is 18.7. The van der Waals surface area contributed by atoms with Crippen LogP contribution >= 0.6 is 0 Å². The van der Waals surface area contributed by atoms with Crippen LogP contribution in [0.15, 0.2) is 0 Å². The molecule has 5 aliphatic rings. The van der Waals surface area contributed by atoms with E-state index >= 15 is 0 Å². The van der Waals surface area contributed by atoms with E-state index in [0.717, 1.165) is 64.7 Å². The quantitative estimate of drug-likeness (QED) is 0.746. The molecule has 0 bridgehead atoms. The maximum Gasteiger partial charge on any atom is 0.320 e. The number of rotatable bonds is 3. The van der Waals surface area contributed by atoms with E-state index in [1.165, 1.54) is 25.7 Å². The van der Waals surface area contributed by atoms with E-state index < -0.39 is 0 Å². The second kappa shape index (κ2) is 7.51. The molecule has 5 fully saturated rings. The van der Waals surface area contributed by atoms with Crippen molar-refractivity contribution in [2.75, 3.05) is 33.2 Å². The third kappa shape index (κ3) is 3.31. The van der Waals surface area contributed by atoms with Gasteiger partial charge in [-0.2, -0.15) is 0 Å². The second-order valence-corrected chi connectivity index (χ2v) is 9.82. The number of hydrogen-bond acceptors (Lipinski definition) is 3. The van der Waals surface area contributed by atoms with E-state index in [1.54, 1.807) is 0 Å². The topological polar surface area (TPSA) is 47.1 Å². The molecule has 6 nitrogen and oxygen atoms in total. The highest BCUT2D eigenvalue weighted by Crippen LogP contribution is 2.37. The zero-order valence-electron chi connectivity index (χ0n) is 17.4. The number of nitrogens with zero attached hydrogens (tertiary/aromatic N) is 4. The van der Waals surface area contributed by atoms with Crippen LogP contribution in [-0.2, 0) is 4.79 Å². The average molecular weight is 389 g/mol. The summed E-state index contributed by atoms with van der Waals surface area (Å²) in [6.07, 6.45) is 11.6. The molecule has 0 aromatic heterocycles. The van der Waals surface area contributed by atoms with Gasteiger partial charge in [0.05, 0.1) is 12.1 Å². The van der Waals surface area contributed by atoms with Gasteiger partial charge in [0.25, 0.3) is 0 Å². The Morgan fingerprint density at radius 2 is 1.39 bits per heavy atom. The van der Waals surface area contributed by atoms with E-state index in [1.807, 2.05) is 11.9 Å². The van der Waals surface area contributed by atoms with Crippen LogP contribution < -0.4 is 0 Å². The molecule has 3 heterocycles. The zero-order valence-corrected chi connectivity index (χ0v) is 17.4. The van der Waals surface area contributed by atoms with E-state index in [9.17, 15) is 9.59 Å². The van der Waals surface area contributed by atoms with E-state index in [0.29, 0.717) is 36.0 Å². The van der Waals surface area contributed by atoms with Crippen LogP contribution in [0.2, 0.25) is 0 Å². The van der Waals surface area contributed by atoms with Crippen LogP contribution in [0, 0.1) is 5.92 Å². The lowest BCUT2D eigenvalue weighted by molar-refractivity contribution is -0.134. The first-order valence-corrected chi connectivity index (χ1v) is 11.7. The Morgan fingerprint density at radius 1 is 0.786 bits per heavy atom. The van der Waals surface area contributed by atoms with Gasteiger partial charge in [0.2, 0.25) is 5.91 Å². The number of fused-ring (bicyclic) bond motifs is 1. The Kier molecular flexibility index (Phi) is 5.02. The molecule has 2 saturated carbocycles. The van der Waals surface area contributed by atoms with Crippen LogP contribution in [0.5, 0.6) is 0 Å². The van der Waals surface area contributed by atoms with Crippen LogP contribution in [0.1, 0.15) is 64.2 Å². The molecule has 2 atom stereocenters. The summed E-state index contributed by atoms with van der Waals surface area (Å²) in [7, 11) is 2.01. The van der Waals surface area contributed by atoms with Crippen molar-refractivity contribution < 1.29 is 9.59 Å². The maximum atomic E-state index is 12.9. The predicted octanol–water partition coefficient (Wildman–Crippen LogP) is 2.53. The molecule has 2 aliphatic carbocycles. The smallest absolute Gasteiger partial charge is 0.320 e. The summed E-state index contributed by atoms with van der Waals surface area (Å²) in [5.41, 5.74) is 0. The molecular formula is C22H36N4O2. The molecule has 6 heteroatoms. The Morgan fingerprint density at radius 3 is 2.04 bits per heavy atom. The van der Waals surface area contributed by atoms with Crippen molar-refractivity contribution >= 4 is 11.9 Å². The standard InChI is InChI=1S/C22H36N4O2/c1-23-19-4-2-3-5-20(19)26(22(23)28)18-10-12-24(13-11-18)17-8-14-25(15-9-17)21(27)16-6-7-16/h16-20H,2-15H2,1H3/t19-,20-/m0/s1. The Hall–Kier alpha value is -1.30. The molecule has 0 spiro atoms. The number of piperidine rings is 2. The normalized spacial score (nSPS) is 33.5. The number of likely N-dealkylation sites (tertiary alicyclic amines) is 2. The van der Waals surface area contributed by atoms with Gasteiger partial charge >= 0.3 is 6.03 Å². The fourth-order valence-corrected chi connectivity index (χ4v) is 6.33. The predicted molar refractivity (Wildman–Crippen MR) is 108 cm³/mol. The number of hydrogen-bond donors (Lipinski definition) is 0. The van der Waals surface area contributed by atoms with Crippen molar-refractivity contribution in [3.8, 4) is 0 Å². The van der Waals surface area contributed by atoms with Crippen molar-refractivity contribution in [3.05, 3.63) is 0 Å². The van der Waals surface area contributed by atoms with Crippen LogP contribution in [0.25, 0.3) is 0 Å². The second-order valence-electron chi connectivity index (χ2n) is 9.82. The fraction of sp³-hybridized carbons (Fsp3) is 0.909. The van der Waals surface area contributed by atoms with Crippen LogP contribution in [0.4, 0.5) is 4.79 Å². The minimum absolute atomic E-state index is 0.280. The minimum Gasteiger partial charge on any atom is -0.342 e. The average Bonchev–Trinajstić information content (AvgIpc) is 3.56. The van der Waals surface area contributed by atoms with Crippen molar-refractivity contribution in [3.63, 3.8) is 0 Å². The van der Waals surface area contributed by atoms with Crippen LogP contribution in [0.3, 0.4) is 0 Å². The highest BCUT2D eigenvalue weighted by Gasteiger charge is 2.48. The van der Waals surface area contributed by atoms with Crippen molar-refractivity contribution in [1.29, 1.82) is 0 Å². The number of carbonyl (C=O) groups excluding carboxylic acids is 2. The monoisotopic (exact) mass is 388 g/mol. The molecule has 3 aliphatic heterocycles. The first-order valence-electron chi connectivity index (χ1n) is 11.7. The van der Waals surface area contributed by atoms with Gasteiger partial charge in [0.15, 0.2) is 0 Å². The van der Waals surface area contributed by atoms with Gasteiger partial charge in [-0.25, -0.2) is 4.79 Å². The lowest BCUT2D eigenvalue weighted by Gasteiger charge is -2.44. The summed E-state index contributed by atoms with van der Waals surface area (Å²) in [6.45, 7) is 4.10. The molecule has 3 saturated heterocycles. The van der Waals surface area contributed by atoms with E-state index in [4.69, 9.17) is 0 Å². The molecule has 3 amide bonds. The lowest BCUT2D eigenvalue weighted by atomic mass is 9.88. The Balaban J connectivity index is 1.14. The van der Waals surface area contributed by atoms with E-state index in [2.05, 4.69) is 14.7 Å². The summed E-state index contributed by atoms with van der Waals surface area (Å²) in [5.74, 6) is 0.767. The van der Waals surface area contributed by atoms with Crippen molar-refractivity contribution in [2.24, 2.45) is 5.92 Å². The minimum atomic E-state index is 0.280. The zero-order chi connectivity index (χ0) is 19.3. The molecule has 0 unspecified atom stereocenters. The molecule has 28 heavy (non-hydrogen) atoms. The summed E-state index contributed by atoms with van der Waals surface area (Å²) in [4.78, 5) is 34.3. The number of amides is 3. The van der Waals surface area contributed by atoms with Crippen molar-refractivity contribution in [2.45, 2.75) is 88.4 Å². The largest absolute Gasteiger partial charge is 0.342 e. The van der Waals surface area contributed by atoms with Gasteiger partial charge < -0.3 is 19.6 Å². The molecule has 5 rings (SSSR count). The molecular weight excluding hydrogens is 352 g/mol.